The zero-order valence-electron chi connectivity index (χ0n) is 2.51. The predicted octanol–water partition coefficient (Wildman–Crippen LogP) is 0.273. The quantitative estimate of drug-likeness (QED) is 0.333. The fourth-order valence-corrected chi connectivity index (χ4v) is 0. The van der Waals surface area contributed by atoms with E-state index in [0.29, 0.717) is 0 Å². The van der Waals surface area contributed by atoms with Gasteiger partial charge in [-0.1, -0.05) is 0 Å². The molecule has 0 fully saturated rings. The topological polar surface area (TPSA) is 59.6 Å². The van der Waals surface area contributed by atoms with E-state index in [0.717, 1.165) is 0 Å². The van der Waals surface area contributed by atoms with Crippen LogP contribution in [0.3, 0.4) is 0 Å². The molecule has 0 heterocycles. The monoisotopic (exact) mass is 92.0 g/mol. The number of hydrogen-bond acceptors (Lipinski definition) is 3. The van der Waals surface area contributed by atoms with E-state index in [2.05, 4.69) is 17.1 Å². The van der Waals surface area contributed by atoms with E-state index in [1.165, 1.54) is 6.26 Å². The fourth-order valence-electron chi connectivity index (χ4n) is 0. The Labute approximate surface area is 35.6 Å². The standard InChI is InChI=1S/CHNOS.H3N/c3-1-2-4;/h3H;1H3. The van der Waals surface area contributed by atoms with Gasteiger partial charge in [0.2, 0.25) is 0 Å². The number of aliphatic hydroxyl groups is 1. The van der Waals surface area contributed by atoms with E-state index in [9.17, 15) is 0 Å². The van der Waals surface area contributed by atoms with Crippen LogP contribution in [-0.4, -0.2) is 5.11 Å². The van der Waals surface area contributed by atoms with Crippen molar-refractivity contribution >= 4 is 12.8 Å². The van der Waals surface area contributed by atoms with Gasteiger partial charge in [-0.05, 0) is 0 Å². The number of rotatable bonds is 0. The molecule has 0 saturated carbocycles. The summed E-state index contributed by atoms with van der Waals surface area (Å²) in [6, 6.07) is 0. The molecule has 0 aromatic heterocycles. The highest BCUT2D eigenvalue weighted by Crippen LogP contribution is 1.41. The maximum atomic E-state index is 7.35. The third kappa shape index (κ3) is 33.9. The van der Waals surface area contributed by atoms with Gasteiger partial charge in [-0.25, -0.2) is 0 Å². The molecule has 0 saturated heterocycles. The molecule has 3 nitrogen and oxygen atoms in total. The van der Waals surface area contributed by atoms with Crippen LogP contribution in [0.4, 0.5) is 0 Å². The van der Waals surface area contributed by atoms with Crippen LogP contribution in [0.1, 0.15) is 0 Å². The zero-order valence-corrected chi connectivity index (χ0v) is 3.33. The normalized spacial score (nSPS) is 2.40. The summed E-state index contributed by atoms with van der Waals surface area (Å²) in [5, 5.41) is 7.35. The number of nitrogens with zero attached hydrogens (tertiary/aromatic N) is 1. The van der Waals surface area contributed by atoms with Gasteiger partial charge in [0.05, 0.1) is 0 Å². The van der Waals surface area contributed by atoms with Crippen LogP contribution < -0.4 is 6.15 Å². The summed E-state index contributed by atoms with van der Waals surface area (Å²) in [6.45, 7) is 0. The molecule has 0 aliphatic heterocycles. The maximum absolute atomic E-state index is 7.35. The van der Waals surface area contributed by atoms with Crippen LogP contribution in [0.5, 0.6) is 0 Å². The summed E-state index contributed by atoms with van der Waals surface area (Å²) in [6.07, 6.45) is 1.37. The van der Waals surface area contributed by atoms with Gasteiger partial charge in [-0.2, -0.15) is 0 Å². The molecule has 0 atom stereocenters. The first-order valence-corrected chi connectivity index (χ1v) is 0.995. The maximum Gasteiger partial charge on any atom is 0.493 e. The Morgan fingerprint density at radius 3 is 2.00 bits per heavy atom. The van der Waals surface area contributed by atoms with Gasteiger partial charge < -0.3 is 11.3 Å². The molecule has 0 rings (SSSR count). The van der Waals surface area contributed by atoms with Crippen LogP contribution in [0.15, 0.2) is 0 Å². The van der Waals surface area contributed by atoms with E-state index in [1.807, 2.05) is 0 Å². The predicted molar refractivity (Wildman–Crippen MR) is 21.6 cm³/mol. The molecule has 0 spiro atoms. The summed E-state index contributed by atoms with van der Waals surface area (Å²) in [7, 11) is 0. The van der Waals surface area contributed by atoms with Crippen molar-refractivity contribution in [3.05, 3.63) is 4.25 Å². The van der Waals surface area contributed by atoms with Gasteiger partial charge in [0, 0.05) is 0 Å². The molecule has 0 radical (unpaired) electrons. The largest absolute Gasteiger partial charge is 0.493 e. The average molecular weight is 92.1 g/mol. The van der Waals surface area contributed by atoms with Crippen molar-refractivity contribution < 1.29 is 5.11 Å². The smallest absolute Gasteiger partial charge is 0.409 e. The minimum absolute atomic E-state index is 0. The highest BCUT2D eigenvalue weighted by Gasteiger charge is 1.40. The second-order valence-electron chi connectivity index (χ2n) is 0.191. The molecule has 0 aliphatic carbocycles. The highest BCUT2D eigenvalue weighted by atomic mass is 32.1. The molecule has 0 bridgehead atoms. The van der Waals surface area contributed by atoms with Crippen molar-refractivity contribution in [3.8, 4) is 6.26 Å². The Balaban J connectivity index is 0. The zero-order chi connectivity index (χ0) is 3.41. The first-order chi connectivity index (χ1) is 1.91. The molecule has 0 aromatic carbocycles. The Bertz CT molecular complexity index is 46.4. The van der Waals surface area contributed by atoms with E-state index < -0.39 is 0 Å². The van der Waals surface area contributed by atoms with Gasteiger partial charge in [-0.15, -0.1) is 4.25 Å². The van der Waals surface area contributed by atoms with Crippen molar-refractivity contribution in [1.82, 2.24) is 6.15 Å². The summed E-state index contributed by atoms with van der Waals surface area (Å²) in [5.74, 6) is 0. The SMILES string of the molecule is N.OC#[N+][S-]. The lowest BCUT2D eigenvalue weighted by molar-refractivity contribution is 0.516. The first kappa shape index (κ1) is 8.82. The molecule has 0 amide bonds. The Morgan fingerprint density at radius 2 is 2.00 bits per heavy atom. The molecular weight excluding hydrogens is 88.1 g/mol. The minimum atomic E-state index is 0. The fraction of sp³-hybridized carbons (Fsp3) is 0. The molecule has 4 N–H and O–H groups in total. The van der Waals surface area contributed by atoms with Crippen LogP contribution in [0.2, 0.25) is 0 Å². The second-order valence-corrected chi connectivity index (χ2v) is 0.374. The first-order valence-electron chi connectivity index (χ1n) is 0.630. The van der Waals surface area contributed by atoms with Gasteiger partial charge in [0.1, 0.15) is 0 Å². The van der Waals surface area contributed by atoms with Crippen LogP contribution >= 0.6 is 0 Å². The molecule has 0 aromatic rings. The summed E-state index contributed by atoms with van der Waals surface area (Å²) in [5.41, 5.74) is 0. The average Bonchev–Trinajstić information content (AvgIpc) is 1.37. The van der Waals surface area contributed by atoms with Gasteiger partial charge in [0.25, 0.3) is 0 Å². The minimum Gasteiger partial charge on any atom is -0.409 e. The molecule has 0 unspecified atom stereocenters. The number of hydrogen-bond donors (Lipinski definition) is 2. The van der Waals surface area contributed by atoms with Gasteiger partial charge >= 0.3 is 6.26 Å². The van der Waals surface area contributed by atoms with E-state index >= 15 is 0 Å². The van der Waals surface area contributed by atoms with E-state index in [-0.39, 0.29) is 6.15 Å². The van der Waals surface area contributed by atoms with Crippen molar-refractivity contribution in [2.45, 2.75) is 0 Å². The third-order valence-electron chi connectivity index (χ3n) is 0.0408. The molecule has 4 heteroatoms. The Hall–Kier alpha value is -0.530. The van der Waals surface area contributed by atoms with E-state index in [1.54, 1.807) is 0 Å². The van der Waals surface area contributed by atoms with Gasteiger partial charge in [-0.3, -0.25) is 12.8 Å². The third-order valence-corrected chi connectivity index (χ3v) is 0.122. The lowest BCUT2D eigenvalue weighted by atomic mass is 11.6. The van der Waals surface area contributed by atoms with Crippen LogP contribution in [0.25, 0.3) is 4.25 Å². The lowest BCUT2D eigenvalue weighted by Gasteiger charge is -1.40. The number of aliphatic hydroxyl groups excluding tert-OH is 1. The Morgan fingerprint density at radius 1 is 1.80 bits per heavy atom. The van der Waals surface area contributed by atoms with Gasteiger partial charge in [0.15, 0.2) is 0 Å². The Kier molecular flexibility index (Phi) is 17.3. The summed E-state index contributed by atoms with van der Waals surface area (Å²) in [4.78, 5) is 0. The van der Waals surface area contributed by atoms with Crippen molar-refractivity contribution in [2.75, 3.05) is 0 Å². The van der Waals surface area contributed by atoms with Crippen LogP contribution in [-0.2, 0) is 12.8 Å². The van der Waals surface area contributed by atoms with Crippen molar-refractivity contribution in [1.29, 1.82) is 0 Å². The van der Waals surface area contributed by atoms with Crippen molar-refractivity contribution in [2.24, 2.45) is 0 Å². The van der Waals surface area contributed by atoms with Crippen molar-refractivity contribution in [3.63, 3.8) is 0 Å². The molecule has 5 heavy (non-hydrogen) atoms. The van der Waals surface area contributed by atoms with Crippen LogP contribution in [0, 0.1) is 6.26 Å². The second kappa shape index (κ2) is 9.80. The van der Waals surface area contributed by atoms with E-state index in [4.69, 9.17) is 5.11 Å². The molecule has 0 aliphatic rings. The summed E-state index contributed by atoms with van der Waals surface area (Å²) >= 11 is 3.82. The lowest BCUT2D eigenvalue weighted by Crippen LogP contribution is -1.33. The molecule has 30 valence electrons. The summed E-state index contributed by atoms with van der Waals surface area (Å²) < 4.78 is 2.62. The highest BCUT2D eigenvalue weighted by molar-refractivity contribution is 7.61. The molecular formula is CH4N2OS.